The number of nitrogens with one attached hydrogen (secondary N) is 3. The van der Waals surface area contributed by atoms with Crippen LogP contribution in [-0.4, -0.2) is 34.0 Å². The van der Waals surface area contributed by atoms with E-state index < -0.39 is 6.04 Å². The number of rotatable bonds is 8. The van der Waals surface area contributed by atoms with Crippen LogP contribution in [0.25, 0.3) is 0 Å². The van der Waals surface area contributed by atoms with Gasteiger partial charge in [0.15, 0.2) is 0 Å². The molecule has 166 valence electrons. The molecule has 1 fully saturated rings. The molecule has 0 aliphatic heterocycles. The molecule has 3 amide bonds. The number of halogens is 1. The third-order valence-electron chi connectivity index (χ3n) is 5.40. The summed E-state index contributed by atoms with van der Waals surface area (Å²) >= 11 is 6.30. The molecule has 1 aliphatic rings. The van der Waals surface area contributed by atoms with Gasteiger partial charge in [-0.2, -0.15) is 5.10 Å². The average Bonchev–Trinajstić information content (AvgIpc) is 3.34. The maximum Gasteiger partial charge on any atom is 0.248 e. The molecule has 8 nitrogen and oxygen atoms in total. The molecule has 1 aromatic carbocycles. The SMILES string of the molecule is Cc1cc(C)n(C(C)C(=O)Nc2ccc(NC(=O)CCNC(=O)C3CC3C)cc2Cl)n1. The summed E-state index contributed by atoms with van der Waals surface area (Å²) in [7, 11) is 0. The van der Waals surface area contributed by atoms with Crippen molar-refractivity contribution >= 4 is 40.7 Å². The lowest BCUT2D eigenvalue weighted by atomic mass is 10.2. The highest BCUT2D eigenvalue weighted by Gasteiger charge is 2.38. The van der Waals surface area contributed by atoms with Gasteiger partial charge in [0.2, 0.25) is 17.7 Å². The van der Waals surface area contributed by atoms with Gasteiger partial charge in [-0.1, -0.05) is 18.5 Å². The average molecular weight is 446 g/mol. The fourth-order valence-electron chi connectivity index (χ4n) is 3.42. The predicted molar refractivity (Wildman–Crippen MR) is 120 cm³/mol. The van der Waals surface area contributed by atoms with Crippen LogP contribution in [0, 0.1) is 25.7 Å². The molecule has 1 heterocycles. The fourth-order valence-corrected chi connectivity index (χ4v) is 3.65. The van der Waals surface area contributed by atoms with Crippen molar-refractivity contribution in [2.75, 3.05) is 17.2 Å². The van der Waals surface area contributed by atoms with E-state index in [4.69, 9.17) is 11.6 Å². The molecule has 0 bridgehead atoms. The highest BCUT2D eigenvalue weighted by molar-refractivity contribution is 6.34. The number of aryl methyl sites for hydroxylation is 2. The summed E-state index contributed by atoms with van der Waals surface area (Å²) in [6.07, 6.45) is 1.09. The predicted octanol–water partition coefficient (Wildman–Crippen LogP) is 3.45. The van der Waals surface area contributed by atoms with Gasteiger partial charge in [-0.25, -0.2) is 0 Å². The van der Waals surface area contributed by atoms with Gasteiger partial charge in [-0.3, -0.25) is 19.1 Å². The minimum absolute atomic E-state index is 0.0122. The lowest BCUT2D eigenvalue weighted by Crippen LogP contribution is -2.29. The standard InChI is InChI=1S/C22H28ClN5O3/c1-12-9-17(12)22(31)24-8-7-20(29)25-16-5-6-19(18(23)11-16)26-21(30)15(4)28-14(3)10-13(2)27-28/h5-6,10-12,15,17H,7-9H2,1-4H3,(H,24,31)(H,25,29)(H,26,30). The molecule has 1 aliphatic carbocycles. The first kappa shape index (κ1) is 22.8. The van der Waals surface area contributed by atoms with Crippen molar-refractivity contribution in [2.24, 2.45) is 11.8 Å². The second-order valence-electron chi connectivity index (χ2n) is 8.14. The lowest BCUT2D eigenvalue weighted by Gasteiger charge is -2.16. The summed E-state index contributed by atoms with van der Waals surface area (Å²) < 4.78 is 1.66. The lowest BCUT2D eigenvalue weighted by molar-refractivity contribution is -0.123. The van der Waals surface area contributed by atoms with Crippen molar-refractivity contribution in [1.82, 2.24) is 15.1 Å². The van der Waals surface area contributed by atoms with E-state index in [0.29, 0.717) is 28.9 Å². The second-order valence-corrected chi connectivity index (χ2v) is 8.55. The van der Waals surface area contributed by atoms with Gasteiger partial charge in [-0.15, -0.1) is 0 Å². The summed E-state index contributed by atoms with van der Waals surface area (Å²) in [5.74, 6) is 0.0677. The van der Waals surface area contributed by atoms with Crippen LogP contribution >= 0.6 is 11.6 Å². The molecule has 0 saturated heterocycles. The zero-order valence-electron chi connectivity index (χ0n) is 18.2. The molecule has 0 radical (unpaired) electrons. The molecule has 3 N–H and O–H groups in total. The Balaban J connectivity index is 1.51. The summed E-state index contributed by atoms with van der Waals surface area (Å²) in [6, 6.07) is 6.29. The number of anilines is 2. The van der Waals surface area contributed by atoms with E-state index in [-0.39, 0.29) is 30.1 Å². The minimum Gasteiger partial charge on any atom is -0.355 e. The van der Waals surface area contributed by atoms with Crippen LogP contribution in [0.5, 0.6) is 0 Å². The van der Waals surface area contributed by atoms with Crippen molar-refractivity contribution in [3.63, 3.8) is 0 Å². The van der Waals surface area contributed by atoms with E-state index in [1.807, 2.05) is 26.8 Å². The first-order valence-electron chi connectivity index (χ1n) is 10.4. The molecule has 3 unspecified atom stereocenters. The zero-order valence-corrected chi connectivity index (χ0v) is 18.9. The number of hydrogen-bond acceptors (Lipinski definition) is 4. The summed E-state index contributed by atoms with van der Waals surface area (Å²) in [4.78, 5) is 36.5. The van der Waals surface area contributed by atoms with Crippen molar-refractivity contribution < 1.29 is 14.4 Å². The Hall–Kier alpha value is -2.87. The highest BCUT2D eigenvalue weighted by atomic mass is 35.5. The Bertz CT molecular complexity index is 1000. The van der Waals surface area contributed by atoms with E-state index in [0.717, 1.165) is 17.8 Å². The Morgan fingerprint density at radius 3 is 2.52 bits per heavy atom. The Morgan fingerprint density at radius 2 is 1.94 bits per heavy atom. The van der Waals surface area contributed by atoms with Crippen molar-refractivity contribution in [1.29, 1.82) is 0 Å². The third-order valence-corrected chi connectivity index (χ3v) is 5.71. The Kier molecular flexibility index (Phi) is 7.00. The Labute approximate surface area is 186 Å². The normalized spacial score (nSPS) is 18.2. The molecule has 3 atom stereocenters. The van der Waals surface area contributed by atoms with Crippen LogP contribution in [0.3, 0.4) is 0 Å². The summed E-state index contributed by atoms with van der Waals surface area (Å²) in [6.45, 7) is 7.86. The second kappa shape index (κ2) is 9.51. The molecule has 2 aromatic rings. The molecule has 0 spiro atoms. The number of hydrogen-bond donors (Lipinski definition) is 3. The van der Waals surface area contributed by atoms with Crippen LogP contribution in [0.4, 0.5) is 11.4 Å². The molecule has 31 heavy (non-hydrogen) atoms. The first-order chi connectivity index (χ1) is 14.7. The molecule has 9 heteroatoms. The number of carbonyl (C=O) groups excluding carboxylic acids is 3. The van der Waals surface area contributed by atoms with E-state index in [9.17, 15) is 14.4 Å². The van der Waals surface area contributed by atoms with Crippen LogP contribution in [0.15, 0.2) is 24.3 Å². The number of amides is 3. The maximum atomic E-state index is 12.6. The minimum atomic E-state index is -0.502. The number of aromatic nitrogens is 2. The molecule has 3 rings (SSSR count). The monoisotopic (exact) mass is 445 g/mol. The van der Waals surface area contributed by atoms with E-state index in [2.05, 4.69) is 21.0 Å². The number of carbonyl (C=O) groups is 3. The van der Waals surface area contributed by atoms with E-state index >= 15 is 0 Å². The van der Waals surface area contributed by atoms with Gasteiger partial charge in [0, 0.05) is 30.3 Å². The topological polar surface area (TPSA) is 105 Å². The molecule has 1 aromatic heterocycles. The van der Waals surface area contributed by atoms with Crippen LogP contribution in [0.2, 0.25) is 5.02 Å². The smallest absolute Gasteiger partial charge is 0.248 e. The number of nitrogens with zero attached hydrogens (tertiary/aromatic N) is 2. The zero-order chi connectivity index (χ0) is 22.7. The fraction of sp³-hybridized carbons (Fsp3) is 0.455. The van der Waals surface area contributed by atoms with E-state index in [1.165, 1.54) is 0 Å². The van der Waals surface area contributed by atoms with Crippen LogP contribution in [-0.2, 0) is 14.4 Å². The highest BCUT2D eigenvalue weighted by Crippen LogP contribution is 2.37. The van der Waals surface area contributed by atoms with Gasteiger partial charge < -0.3 is 16.0 Å². The van der Waals surface area contributed by atoms with Crippen molar-refractivity contribution in [3.05, 3.63) is 40.7 Å². The quantitative estimate of drug-likeness (QED) is 0.578. The third kappa shape index (κ3) is 5.85. The van der Waals surface area contributed by atoms with E-state index in [1.54, 1.807) is 29.8 Å². The van der Waals surface area contributed by atoms with Crippen molar-refractivity contribution in [3.8, 4) is 0 Å². The Morgan fingerprint density at radius 1 is 1.23 bits per heavy atom. The summed E-state index contributed by atoms with van der Waals surface area (Å²) in [5.41, 5.74) is 2.70. The number of benzene rings is 1. The summed E-state index contributed by atoms with van der Waals surface area (Å²) in [5, 5.41) is 13.0. The van der Waals surface area contributed by atoms with Crippen LogP contribution < -0.4 is 16.0 Å². The molecule has 1 saturated carbocycles. The van der Waals surface area contributed by atoms with Gasteiger partial charge in [0.1, 0.15) is 6.04 Å². The maximum absolute atomic E-state index is 12.6. The molecular formula is C22H28ClN5O3. The molecular weight excluding hydrogens is 418 g/mol. The first-order valence-corrected chi connectivity index (χ1v) is 10.7. The van der Waals surface area contributed by atoms with Gasteiger partial charge >= 0.3 is 0 Å². The van der Waals surface area contributed by atoms with Gasteiger partial charge in [-0.05, 0) is 57.4 Å². The van der Waals surface area contributed by atoms with Gasteiger partial charge in [0.05, 0.1) is 16.4 Å². The van der Waals surface area contributed by atoms with Crippen LogP contribution in [0.1, 0.15) is 44.1 Å². The van der Waals surface area contributed by atoms with Gasteiger partial charge in [0.25, 0.3) is 0 Å². The largest absolute Gasteiger partial charge is 0.355 e. The van der Waals surface area contributed by atoms with Crippen molar-refractivity contribution in [2.45, 2.75) is 46.6 Å².